The van der Waals surface area contributed by atoms with Crippen LogP contribution in [0.4, 0.5) is 4.39 Å². The molecule has 2 aromatic rings. The molecule has 1 aromatic carbocycles. The van der Waals surface area contributed by atoms with E-state index in [1.54, 1.807) is 17.4 Å². The molecule has 5 heteroatoms. The summed E-state index contributed by atoms with van der Waals surface area (Å²) in [7, 11) is 0. The number of aryl methyl sites for hydroxylation is 2. The minimum absolute atomic E-state index is 0.244. The van der Waals surface area contributed by atoms with Gasteiger partial charge in [-0.25, -0.2) is 9.37 Å². The van der Waals surface area contributed by atoms with Gasteiger partial charge in [-0.3, -0.25) is 0 Å². The van der Waals surface area contributed by atoms with Crippen LogP contribution in [0.3, 0.4) is 0 Å². The summed E-state index contributed by atoms with van der Waals surface area (Å²) >= 11 is 1.63. The molecule has 0 saturated heterocycles. The molecule has 0 atom stereocenters. The predicted octanol–water partition coefficient (Wildman–Crippen LogP) is 3.59. The number of rotatable bonds is 6. The van der Waals surface area contributed by atoms with Crippen molar-refractivity contribution < 1.29 is 9.13 Å². The Morgan fingerprint density at radius 2 is 2.15 bits per heavy atom. The van der Waals surface area contributed by atoms with Gasteiger partial charge < -0.3 is 10.1 Å². The van der Waals surface area contributed by atoms with Gasteiger partial charge in [0.15, 0.2) is 0 Å². The van der Waals surface area contributed by atoms with Crippen LogP contribution in [0, 0.1) is 19.7 Å². The first-order chi connectivity index (χ1) is 9.60. The Morgan fingerprint density at radius 1 is 1.35 bits per heavy atom. The van der Waals surface area contributed by atoms with Crippen molar-refractivity contribution in [2.75, 3.05) is 6.54 Å². The van der Waals surface area contributed by atoms with E-state index in [1.165, 1.54) is 17.0 Å². The molecule has 1 aromatic heterocycles. The molecule has 0 spiro atoms. The summed E-state index contributed by atoms with van der Waals surface area (Å²) in [5.41, 5.74) is 1.87. The molecule has 0 amide bonds. The molecule has 0 aliphatic rings. The molecule has 1 heterocycles. The third-order valence-corrected chi connectivity index (χ3v) is 4.06. The van der Waals surface area contributed by atoms with Crippen molar-refractivity contribution >= 4 is 11.3 Å². The maximum absolute atomic E-state index is 13.3. The molecule has 20 heavy (non-hydrogen) atoms. The maximum atomic E-state index is 13.3. The molecular weight excluding hydrogens is 275 g/mol. The number of nitrogens with zero attached hydrogens (tertiary/aromatic N) is 1. The van der Waals surface area contributed by atoms with E-state index < -0.39 is 0 Å². The second-order valence-electron chi connectivity index (χ2n) is 4.57. The monoisotopic (exact) mass is 294 g/mol. The second kappa shape index (κ2) is 6.81. The molecule has 2 rings (SSSR count). The van der Waals surface area contributed by atoms with Crippen molar-refractivity contribution in [2.45, 2.75) is 33.9 Å². The lowest BCUT2D eigenvalue weighted by atomic mass is 10.2. The van der Waals surface area contributed by atoms with Crippen LogP contribution in [0.5, 0.6) is 5.75 Å². The Kier molecular flexibility index (Phi) is 5.09. The number of thiazole rings is 1. The van der Waals surface area contributed by atoms with Crippen molar-refractivity contribution in [3.05, 3.63) is 45.2 Å². The smallest absolute Gasteiger partial charge is 0.140 e. The van der Waals surface area contributed by atoms with Gasteiger partial charge in [0.1, 0.15) is 23.2 Å². The van der Waals surface area contributed by atoms with Crippen LogP contribution in [-0.2, 0) is 13.2 Å². The first kappa shape index (κ1) is 14.9. The molecule has 0 aliphatic carbocycles. The molecule has 0 fully saturated rings. The first-order valence-corrected chi connectivity index (χ1v) is 7.46. The Labute approximate surface area is 122 Å². The van der Waals surface area contributed by atoms with Gasteiger partial charge in [-0.05, 0) is 38.6 Å². The topological polar surface area (TPSA) is 34.1 Å². The molecule has 3 nitrogen and oxygen atoms in total. The van der Waals surface area contributed by atoms with Crippen LogP contribution in [0.15, 0.2) is 18.2 Å². The van der Waals surface area contributed by atoms with Gasteiger partial charge in [0.25, 0.3) is 0 Å². The molecule has 0 radical (unpaired) electrons. The van der Waals surface area contributed by atoms with Crippen molar-refractivity contribution in [1.82, 2.24) is 10.3 Å². The number of hydrogen-bond donors (Lipinski definition) is 1. The Balaban J connectivity index is 2.08. The fourth-order valence-corrected chi connectivity index (χ4v) is 2.67. The summed E-state index contributed by atoms with van der Waals surface area (Å²) in [6.07, 6.45) is 0. The Hall–Kier alpha value is -1.46. The van der Waals surface area contributed by atoms with E-state index in [0.29, 0.717) is 18.9 Å². The molecule has 0 aliphatic heterocycles. The quantitative estimate of drug-likeness (QED) is 0.884. The van der Waals surface area contributed by atoms with Crippen LogP contribution in [0.1, 0.15) is 28.1 Å². The fourth-order valence-electron chi connectivity index (χ4n) is 1.83. The average Bonchev–Trinajstić information content (AvgIpc) is 2.74. The van der Waals surface area contributed by atoms with Gasteiger partial charge in [-0.1, -0.05) is 6.92 Å². The van der Waals surface area contributed by atoms with Gasteiger partial charge in [-0.15, -0.1) is 11.3 Å². The summed E-state index contributed by atoms with van der Waals surface area (Å²) in [4.78, 5) is 5.64. The van der Waals surface area contributed by atoms with Gasteiger partial charge in [0, 0.05) is 17.0 Å². The number of aromatic nitrogens is 1. The van der Waals surface area contributed by atoms with E-state index in [1.807, 2.05) is 20.8 Å². The third-order valence-electron chi connectivity index (χ3n) is 3.01. The van der Waals surface area contributed by atoms with Crippen LogP contribution in [0.25, 0.3) is 0 Å². The van der Waals surface area contributed by atoms with Gasteiger partial charge in [-0.2, -0.15) is 0 Å². The minimum Gasteiger partial charge on any atom is -0.486 e. The van der Waals surface area contributed by atoms with Crippen molar-refractivity contribution in [2.24, 2.45) is 0 Å². The highest BCUT2D eigenvalue weighted by Gasteiger charge is 2.08. The average molecular weight is 294 g/mol. The molecular formula is C15H19FN2OS. The normalized spacial score (nSPS) is 10.8. The van der Waals surface area contributed by atoms with Gasteiger partial charge >= 0.3 is 0 Å². The molecule has 0 unspecified atom stereocenters. The lowest BCUT2D eigenvalue weighted by Crippen LogP contribution is -2.13. The highest BCUT2D eigenvalue weighted by atomic mass is 32.1. The standard InChI is InChI=1S/C15H19FN2OS/c1-4-17-8-12-7-13(16)5-6-14(12)19-9-15-18-10(2)11(3)20-15/h5-7,17H,4,8-9H2,1-3H3. The lowest BCUT2D eigenvalue weighted by Gasteiger charge is -2.11. The molecule has 108 valence electrons. The minimum atomic E-state index is -0.244. The van der Waals surface area contributed by atoms with Gasteiger partial charge in [0.2, 0.25) is 0 Å². The largest absolute Gasteiger partial charge is 0.486 e. The van der Waals surface area contributed by atoms with E-state index in [-0.39, 0.29) is 5.82 Å². The summed E-state index contributed by atoms with van der Waals surface area (Å²) in [6, 6.07) is 4.61. The fraction of sp³-hybridized carbons (Fsp3) is 0.400. The number of hydrogen-bond acceptors (Lipinski definition) is 4. The zero-order valence-electron chi connectivity index (χ0n) is 12.0. The second-order valence-corrected chi connectivity index (χ2v) is 5.86. The Morgan fingerprint density at radius 3 is 2.80 bits per heavy atom. The number of halogens is 1. The highest BCUT2D eigenvalue weighted by molar-refractivity contribution is 7.11. The molecule has 0 saturated carbocycles. The van der Waals surface area contributed by atoms with Crippen molar-refractivity contribution in [1.29, 1.82) is 0 Å². The van der Waals surface area contributed by atoms with Crippen LogP contribution in [-0.4, -0.2) is 11.5 Å². The van der Waals surface area contributed by atoms with E-state index in [0.717, 1.165) is 22.8 Å². The van der Waals surface area contributed by atoms with Crippen LogP contribution >= 0.6 is 11.3 Å². The van der Waals surface area contributed by atoms with E-state index in [4.69, 9.17) is 4.74 Å². The van der Waals surface area contributed by atoms with Crippen molar-refractivity contribution in [3.63, 3.8) is 0 Å². The molecule has 0 bridgehead atoms. The third kappa shape index (κ3) is 3.77. The summed E-state index contributed by atoms with van der Waals surface area (Å²) < 4.78 is 19.1. The number of benzene rings is 1. The lowest BCUT2D eigenvalue weighted by molar-refractivity contribution is 0.301. The van der Waals surface area contributed by atoms with Crippen LogP contribution < -0.4 is 10.1 Å². The summed E-state index contributed by atoms with van der Waals surface area (Å²) in [5.74, 6) is 0.462. The highest BCUT2D eigenvalue weighted by Crippen LogP contribution is 2.23. The van der Waals surface area contributed by atoms with E-state index in [9.17, 15) is 4.39 Å². The zero-order valence-corrected chi connectivity index (χ0v) is 12.8. The maximum Gasteiger partial charge on any atom is 0.140 e. The predicted molar refractivity (Wildman–Crippen MR) is 79.7 cm³/mol. The molecule has 1 N–H and O–H groups in total. The van der Waals surface area contributed by atoms with E-state index >= 15 is 0 Å². The van der Waals surface area contributed by atoms with E-state index in [2.05, 4.69) is 10.3 Å². The van der Waals surface area contributed by atoms with Gasteiger partial charge in [0.05, 0.1) is 5.69 Å². The first-order valence-electron chi connectivity index (χ1n) is 6.65. The van der Waals surface area contributed by atoms with Crippen molar-refractivity contribution in [3.8, 4) is 5.75 Å². The zero-order chi connectivity index (χ0) is 14.5. The Bertz CT molecular complexity index is 564. The summed E-state index contributed by atoms with van der Waals surface area (Å²) in [6.45, 7) is 7.90. The number of ether oxygens (including phenoxy) is 1. The van der Waals surface area contributed by atoms with Crippen LogP contribution in [0.2, 0.25) is 0 Å². The number of nitrogens with one attached hydrogen (secondary N) is 1. The SMILES string of the molecule is CCNCc1cc(F)ccc1OCc1nc(C)c(C)s1. The summed E-state index contributed by atoms with van der Waals surface area (Å²) in [5, 5.41) is 4.13.